The monoisotopic (exact) mass is 361 g/mol. The number of rotatable bonds is 6. The third-order valence-corrected chi connectivity index (χ3v) is 3.86. The lowest BCUT2D eigenvalue weighted by Crippen LogP contribution is -2.26. The van der Waals surface area contributed by atoms with Crippen LogP contribution in [0, 0.1) is 0 Å². The van der Waals surface area contributed by atoms with Crippen LogP contribution in [-0.4, -0.2) is 22.1 Å². The summed E-state index contributed by atoms with van der Waals surface area (Å²) in [7, 11) is 0. The molecule has 0 spiro atoms. The first kappa shape index (κ1) is 17.1. The number of ether oxygens (including phenoxy) is 1. The molecule has 0 unspecified atom stereocenters. The molecule has 0 saturated heterocycles. The minimum atomic E-state index is -0.386. The second-order valence-corrected chi connectivity index (χ2v) is 5.53. The number of amides is 1. The zero-order valence-electron chi connectivity index (χ0n) is 11.8. The topological polar surface area (TPSA) is 56.1 Å². The summed E-state index contributed by atoms with van der Waals surface area (Å²) >= 11 is 17.7. The Morgan fingerprint density at radius 3 is 2.59 bits per heavy atom. The van der Waals surface area contributed by atoms with Crippen LogP contribution in [0.15, 0.2) is 24.3 Å². The molecule has 1 N–H and O–H groups in total. The highest BCUT2D eigenvalue weighted by molar-refractivity contribution is 6.40. The molecule has 0 atom stereocenters. The van der Waals surface area contributed by atoms with Crippen molar-refractivity contribution >= 4 is 40.7 Å². The van der Waals surface area contributed by atoms with Crippen LogP contribution >= 0.6 is 34.8 Å². The van der Waals surface area contributed by atoms with E-state index in [-0.39, 0.29) is 28.8 Å². The molecule has 0 radical (unpaired) electrons. The zero-order valence-corrected chi connectivity index (χ0v) is 14.0. The second kappa shape index (κ2) is 7.83. The molecule has 1 amide bonds. The number of carbonyl (C=O) groups excluding carboxylic acids is 1. The Balaban J connectivity index is 2.08. The van der Waals surface area contributed by atoms with Gasteiger partial charge >= 0.3 is 0 Å². The summed E-state index contributed by atoms with van der Waals surface area (Å²) < 4.78 is 6.69. The van der Waals surface area contributed by atoms with Crippen molar-refractivity contribution in [2.75, 3.05) is 6.61 Å². The summed E-state index contributed by atoms with van der Waals surface area (Å²) in [5.74, 6) is -0.277. The van der Waals surface area contributed by atoms with Crippen LogP contribution in [0.2, 0.25) is 15.3 Å². The first-order valence-corrected chi connectivity index (χ1v) is 7.68. The smallest absolute Gasteiger partial charge is 0.287 e. The molecule has 1 aromatic heterocycles. The molecule has 1 aromatic carbocycles. The van der Waals surface area contributed by atoms with Crippen LogP contribution in [0.5, 0.6) is 0 Å². The van der Waals surface area contributed by atoms with Gasteiger partial charge in [0.15, 0.2) is 5.15 Å². The lowest BCUT2D eigenvalue weighted by atomic mass is 10.2. The van der Waals surface area contributed by atoms with Crippen molar-refractivity contribution in [1.29, 1.82) is 0 Å². The minimum Gasteiger partial charge on any atom is -0.361 e. The van der Waals surface area contributed by atoms with Crippen LogP contribution in [-0.2, 0) is 18.0 Å². The Hall–Kier alpha value is -1.27. The molecule has 0 bridgehead atoms. The maximum absolute atomic E-state index is 12.2. The van der Waals surface area contributed by atoms with Crippen molar-refractivity contribution in [2.24, 2.45) is 0 Å². The van der Waals surface area contributed by atoms with E-state index in [0.29, 0.717) is 18.2 Å². The van der Waals surface area contributed by atoms with Crippen molar-refractivity contribution in [1.82, 2.24) is 14.9 Å². The van der Waals surface area contributed by atoms with E-state index in [1.807, 2.05) is 19.1 Å². The van der Waals surface area contributed by atoms with Gasteiger partial charge in [0, 0.05) is 18.2 Å². The summed E-state index contributed by atoms with van der Waals surface area (Å²) in [6.07, 6.45) is 0. The molecular formula is C14H14Cl3N3O2. The summed E-state index contributed by atoms with van der Waals surface area (Å²) in [4.78, 5) is 16.2. The van der Waals surface area contributed by atoms with E-state index >= 15 is 0 Å². The highest BCUT2D eigenvalue weighted by Gasteiger charge is 2.20. The van der Waals surface area contributed by atoms with E-state index in [1.54, 1.807) is 12.1 Å². The van der Waals surface area contributed by atoms with E-state index < -0.39 is 0 Å². The standard InChI is InChI=1S/C14H14Cl3N3O2/c1-2-22-8-20-12(17)11(16)19-13(20)14(21)18-7-9-3-5-10(15)6-4-9/h3-6H,2,7-8H2,1H3,(H,18,21). The molecule has 0 fully saturated rings. The van der Waals surface area contributed by atoms with Crippen LogP contribution in [0.25, 0.3) is 0 Å². The van der Waals surface area contributed by atoms with Gasteiger partial charge in [0.25, 0.3) is 5.91 Å². The van der Waals surface area contributed by atoms with Crippen molar-refractivity contribution in [3.8, 4) is 0 Å². The van der Waals surface area contributed by atoms with Crippen molar-refractivity contribution in [3.05, 3.63) is 51.0 Å². The largest absolute Gasteiger partial charge is 0.361 e. The number of carbonyl (C=O) groups is 1. The number of halogens is 3. The fourth-order valence-corrected chi connectivity index (χ4v) is 2.22. The fraction of sp³-hybridized carbons (Fsp3) is 0.286. The van der Waals surface area contributed by atoms with Gasteiger partial charge in [0.05, 0.1) is 0 Å². The van der Waals surface area contributed by atoms with Crippen molar-refractivity contribution < 1.29 is 9.53 Å². The molecule has 8 heteroatoms. The SMILES string of the molecule is CCOCn1c(C(=O)NCc2ccc(Cl)cc2)nc(Cl)c1Cl. The molecule has 0 saturated carbocycles. The summed E-state index contributed by atoms with van der Waals surface area (Å²) in [6, 6.07) is 7.17. The maximum atomic E-state index is 12.2. The van der Waals surface area contributed by atoms with Gasteiger partial charge < -0.3 is 10.1 Å². The van der Waals surface area contributed by atoms with Crippen molar-refractivity contribution in [3.63, 3.8) is 0 Å². The number of nitrogens with zero attached hydrogens (tertiary/aromatic N) is 2. The number of imidazole rings is 1. The number of nitrogens with one attached hydrogen (secondary N) is 1. The Morgan fingerprint density at radius 2 is 1.95 bits per heavy atom. The van der Waals surface area contributed by atoms with Gasteiger partial charge in [0.1, 0.15) is 11.9 Å². The lowest BCUT2D eigenvalue weighted by Gasteiger charge is -2.09. The second-order valence-electron chi connectivity index (χ2n) is 4.38. The number of hydrogen-bond donors (Lipinski definition) is 1. The van der Waals surface area contributed by atoms with E-state index in [2.05, 4.69) is 10.3 Å². The summed E-state index contributed by atoms with van der Waals surface area (Å²) in [5, 5.41) is 3.63. The van der Waals surface area contributed by atoms with Gasteiger partial charge in [-0.1, -0.05) is 46.9 Å². The molecule has 0 aliphatic rings. The third kappa shape index (κ3) is 4.14. The summed E-state index contributed by atoms with van der Waals surface area (Å²) in [6.45, 7) is 2.77. The Bertz CT molecular complexity index is 656. The highest BCUT2D eigenvalue weighted by Crippen LogP contribution is 2.23. The quantitative estimate of drug-likeness (QED) is 0.851. The predicted molar refractivity (Wildman–Crippen MR) is 86.5 cm³/mol. The van der Waals surface area contributed by atoms with Crippen LogP contribution < -0.4 is 5.32 Å². The molecule has 2 rings (SSSR count). The van der Waals surface area contributed by atoms with Gasteiger partial charge in [-0.3, -0.25) is 9.36 Å². The van der Waals surface area contributed by atoms with E-state index in [4.69, 9.17) is 39.5 Å². The number of aromatic nitrogens is 2. The minimum absolute atomic E-state index is 0.0676. The van der Waals surface area contributed by atoms with Gasteiger partial charge in [-0.15, -0.1) is 0 Å². The predicted octanol–water partition coefficient (Wildman–Crippen LogP) is 3.77. The van der Waals surface area contributed by atoms with Gasteiger partial charge in [0.2, 0.25) is 5.82 Å². The molecule has 118 valence electrons. The molecule has 0 aliphatic carbocycles. The van der Waals surface area contributed by atoms with Gasteiger partial charge in [-0.25, -0.2) is 4.98 Å². The highest BCUT2D eigenvalue weighted by atomic mass is 35.5. The van der Waals surface area contributed by atoms with E-state index in [1.165, 1.54) is 4.57 Å². The molecule has 1 heterocycles. The van der Waals surface area contributed by atoms with Crippen LogP contribution in [0.3, 0.4) is 0 Å². The normalized spacial score (nSPS) is 10.7. The molecule has 5 nitrogen and oxygen atoms in total. The third-order valence-electron chi connectivity index (χ3n) is 2.86. The van der Waals surface area contributed by atoms with E-state index in [0.717, 1.165) is 5.56 Å². The Morgan fingerprint density at radius 1 is 1.27 bits per heavy atom. The zero-order chi connectivity index (χ0) is 16.1. The number of benzene rings is 1. The van der Waals surface area contributed by atoms with E-state index in [9.17, 15) is 4.79 Å². The molecule has 22 heavy (non-hydrogen) atoms. The average molecular weight is 363 g/mol. The summed E-state index contributed by atoms with van der Waals surface area (Å²) in [5.41, 5.74) is 0.915. The maximum Gasteiger partial charge on any atom is 0.287 e. The van der Waals surface area contributed by atoms with Gasteiger partial charge in [-0.2, -0.15) is 0 Å². The first-order valence-electron chi connectivity index (χ1n) is 6.54. The van der Waals surface area contributed by atoms with Crippen LogP contribution in [0.1, 0.15) is 23.1 Å². The molecule has 2 aromatic rings. The Kier molecular flexibility index (Phi) is 6.08. The van der Waals surface area contributed by atoms with Crippen molar-refractivity contribution in [2.45, 2.75) is 20.2 Å². The van der Waals surface area contributed by atoms with Crippen LogP contribution in [0.4, 0.5) is 0 Å². The fourth-order valence-electron chi connectivity index (χ4n) is 1.74. The lowest BCUT2D eigenvalue weighted by molar-refractivity contribution is 0.0788. The molecular weight excluding hydrogens is 349 g/mol. The first-order chi connectivity index (χ1) is 10.5. The number of hydrogen-bond acceptors (Lipinski definition) is 3. The Labute approximate surface area is 143 Å². The average Bonchev–Trinajstić information content (AvgIpc) is 2.80. The molecule has 0 aliphatic heterocycles. The van der Waals surface area contributed by atoms with Gasteiger partial charge in [-0.05, 0) is 24.6 Å².